The van der Waals surface area contributed by atoms with Crippen LogP contribution < -0.4 is 5.73 Å². The highest BCUT2D eigenvalue weighted by atomic mass is 19.2. The predicted molar refractivity (Wildman–Crippen MR) is 35.2 cm³/mol. The first kappa shape index (κ1) is 8.61. The highest BCUT2D eigenvalue weighted by Crippen LogP contribution is 2.20. The number of carbonyl (C=O) groups excluding carboxylic acids is 1. The Morgan fingerprint density at radius 2 is 1.92 bits per heavy atom. The van der Waals surface area contributed by atoms with Crippen molar-refractivity contribution in [2.75, 3.05) is 0 Å². The van der Waals surface area contributed by atoms with Crippen LogP contribution in [-0.4, -0.2) is 11.0 Å². The van der Waals surface area contributed by atoms with Crippen molar-refractivity contribution in [3.05, 3.63) is 29.3 Å². The van der Waals surface area contributed by atoms with Crippen LogP contribution in [0, 0.1) is 11.6 Å². The van der Waals surface area contributed by atoms with Crippen molar-refractivity contribution in [1.82, 2.24) is 0 Å². The molecule has 0 spiro atoms. The molecule has 64 valence electrons. The van der Waals surface area contributed by atoms with Gasteiger partial charge in [-0.2, -0.15) is 4.39 Å². The summed E-state index contributed by atoms with van der Waals surface area (Å²) >= 11 is 0. The van der Waals surface area contributed by atoms with E-state index in [0.29, 0.717) is 0 Å². The smallest absolute Gasteiger partial charge is 0.344 e. The zero-order chi connectivity index (χ0) is 9.30. The van der Waals surface area contributed by atoms with E-state index >= 15 is 0 Å². The molecule has 5 heteroatoms. The van der Waals surface area contributed by atoms with Crippen LogP contribution in [0.4, 0.5) is 8.78 Å². The van der Waals surface area contributed by atoms with Gasteiger partial charge in [0.2, 0.25) is 5.82 Å². The van der Waals surface area contributed by atoms with Gasteiger partial charge in [0.25, 0.3) is 0 Å². The maximum absolute atomic E-state index is 12.7. The summed E-state index contributed by atoms with van der Waals surface area (Å²) in [4.78, 5) is 10.5. The lowest BCUT2D eigenvalue weighted by Gasteiger charge is -1.98. The Morgan fingerprint density at radius 3 is 2.42 bits per heavy atom. The topological polar surface area (TPSA) is 64.9 Å². The third-order valence-electron chi connectivity index (χ3n) is 1.36. The first-order valence-electron chi connectivity index (χ1n) is 3.07. The minimum absolute atomic E-state index is 0.467. The molecule has 0 aliphatic heterocycles. The van der Waals surface area contributed by atoms with Crippen LogP contribution in [0.2, 0.25) is 0 Å². The van der Waals surface area contributed by atoms with Crippen LogP contribution in [0.1, 0.15) is 10.4 Å². The number of halogens is 2. The average molecular weight is 174 g/mol. The fraction of sp³-hybridized carbons (Fsp3) is 0. The van der Waals surface area contributed by atoms with Crippen molar-refractivity contribution in [3.63, 3.8) is 0 Å². The molecule has 1 aromatic carbocycles. The molecule has 0 unspecified atom stereocenters. The summed E-state index contributed by atoms with van der Waals surface area (Å²) in [5.41, 5.74) is 2.45. The molecule has 0 radical (unpaired) electrons. The maximum Gasteiger partial charge on any atom is 0.344 e. The molecule has 0 aromatic heterocycles. The van der Waals surface area contributed by atoms with Gasteiger partial charge in [0.15, 0.2) is 11.6 Å². The van der Waals surface area contributed by atoms with Crippen molar-refractivity contribution in [2.24, 2.45) is 0 Å². The van der Waals surface area contributed by atoms with Gasteiger partial charge in [-0.1, -0.05) is 0 Å². The first-order chi connectivity index (χ1) is 5.54. The number of phenolic OH excluding ortho intramolecular Hbond substituents is 1. The molecular formula is C7H6F2NO2+. The van der Waals surface area contributed by atoms with Crippen molar-refractivity contribution in [1.29, 1.82) is 0 Å². The van der Waals surface area contributed by atoms with E-state index in [1.54, 1.807) is 0 Å². The number of quaternary nitrogens is 1. The second-order valence-corrected chi connectivity index (χ2v) is 2.18. The monoisotopic (exact) mass is 174 g/mol. The van der Waals surface area contributed by atoms with Crippen LogP contribution in [0.5, 0.6) is 5.75 Å². The van der Waals surface area contributed by atoms with Gasteiger partial charge in [0.05, 0.1) is 0 Å². The van der Waals surface area contributed by atoms with E-state index in [1.807, 2.05) is 0 Å². The Kier molecular flexibility index (Phi) is 2.05. The predicted octanol–water partition coefficient (Wildman–Crippen LogP) is 0.0525. The number of hydrogen-bond acceptors (Lipinski definition) is 2. The van der Waals surface area contributed by atoms with Gasteiger partial charge in [-0.3, -0.25) is 5.73 Å². The van der Waals surface area contributed by atoms with Gasteiger partial charge >= 0.3 is 5.91 Å². The van der Waals surface area contributed by atoms with Crippen LogP contribution in [-0.2, 0) is 0 Å². The SMILES string of the molecule is [NH3+]C(=O)c1ccc(O)c(F)c1F. The maximum atomic E-state index is 12.7. The second kappa shape index (κ2) is 2.86. The Balaban J connectivity index is 3.36. The third-order valence-corrected chi connectivity index (χ3v) is 1.36. The van der Waals surface area contributed by atoms with Crippen molar-refractivity contribution >= 4 is 5.91 Å². The zero-order valence-corrected chi connectivity index (χ0v) is 5.97. The Hall–Kier alpha value is -1.49. The number of benzene rings is 1. The van der Waals surface area contributed by atoms with Crippen LogP contribution >= 0.6 is 0 Å². The van der Waals surface area contributed by atoms with Gasteiger partial charge < -0.3 is 5.11 Å². The summed E-state index contributed by atoms with van der Waals surface area (Å²) in [6.45, 7) is 0. The van der Waals surface area contributed by atoms with Gasteiger partial charge in [0.1, 0.15) is 5.56 Å². The number of carbonyl (C=O) groups is 1. The van der Waals surface area contributed by atoms with Crippen molar-refractivity contribution in [3.8, 4) is 5.75 Å². The van der Waals surface area contributed by atoms with Crippen LogP contribution in [0.15, 0.2) is 12.1 Å². The minimum Gasteiger partial charge on any atom is -0.505 e. The summed E-state index contributed by atoms with van der Waals surface area (Å²) in [7, 11) is 0. The molecule has 12 heavy (non-hydrogen) atoms. The van der Waals surface area contributed by atoms with E-state index in [0.717, 1.165) is 12.1 Å². The summed E-state index contributed by atoms with van der Waals surface area (Å²) in [6.07, 6.45) is 0. The Morgan fingerprint density at radius 1 is 1.33 bits per heavy atom. The molecular weight excluding hydrogens is 168 g/mol. The van der Waals surface area contributed by atoms with Gasteiger partial charge in [-0.15, -0.1) is 0 Å². The fourth-order valence-electron chi connectivity index (χ4n) is 0.755. The first-order valence-corrected chi connectivity index (χ1v) is 3.07. The second-order valence-electron chi connectivity index (χ2n) is 2.18. The molecule has 0 aliphatic carbocycles. The quantitative estimate of drug-likeness (QED) is 0.631. The summed E-state index contributed by atoms with van der Waals surface area (Å²) < 4.78 is 25.3. The molecule has 3 nitrogen and oxygen atoms in total. The number of aromatic hydroxyl groups is 1. The number of hydrogen-bond donors (Lipinski definition) is 2. The van der Waals surface area contributed by atoms with E-state index < -0.39 is 28.9 Å². The molecule has 4 N–H and O–H groups in total. The lowest BCUT2D eigenvalue weighted by atomic mass is 10.2. The minimum atomic E-state index is -1.43. The third kappa shape index (κ3) is 1.26. The van der Waals surface area contributed by atoms with Crippen LogP contribution in [0.25, 0.3) is 0 Å². The lowest BCUT2D eigenvalue weighted by molar-refractivity contribution is -0.255. The van der Waals surface area contributed by atoms with E-state index in [4.69, 9.17) is 5.11 Å². The highest BCUT2D eigenvalue weighted by Gasteiger charge is 2.17. The molecule has 0 saturated heterocycles. The van der Waals surface area contributed by atoms with E-state index in [1.165, 1.54) is 0 Å². The molecule has 1 aromatic rings. The van der Waals surface area contributed by atoms with Crippen LogP contribution in [0.3, 0.4) is 0 Å². The summed E-state index contributed by atoms with van der Waals surface area (Å²) in [5.74, 6) is -4.44. The van der Waals surface area contributed by atoms with E-state index in [-0.39, 0.29) is 0 Å². The molecule has 1 amide bonds. The van der Waals surface area contributed by atoms with Gasteiger partial charge in [0, 0.05) is 0 Å². The normalized spacial score (nSPS) is 9.92. The largest absolute Gasteiger partial charge is 0.505 e. The lowest BCUT2D eigenvalue weighted by Crippen LogP contribution is -2.57. The zero-order valence-electron chi connectivity index (χ0n) is 5.97. The van der Waals surface area contributed by atoms with Gasteiger partial charge in [-0.05, 0) is 12.1 Å². The highest BCUT2D eigenvalue weighted by molar-refractivity contribution is 5.86. The van der Waals surface area contributed by atoms with Crippen molar-refractivity contribution in [2.45, 2.75) is 0 Å². The van der Waals surface area contributed by atoms with Crippen molar-refractivity contribution < 1.29 is 24.4 Å². The Labute approximate surface area is 66.4 Å². The van der Waals surface area contributed by atoms with Gasteiger partial charge in [-0.25, -0.2) is 9.18 Å². The number of amides is 1. The molecule has 0 heterocycles. The van der Waals surface area contributed by atoms with E-state index in [2.05, 4.69) is 5.73 Å². The fourth-order valence-corrected chi connectivity index (χ4v) is 0.755. The summed E-state index contributed by atoms with van der Waals surface area (Å²) in [5, 5.41) is 8.66. The molecule has 0 aliphatic rings. The number of phenols is 1. The number of rotatable bonds is 1. The summed E-state index contributed by atoms with van der Waals surface area (Å²) in [6, 6.07) is 1.87. The van der Waals surface area contributed by atoms with E-state index in [9.17, 15) is 13.6 Å². The average Bonchev–Trinajstić information content (AvgIpc) is 2.00. The molecule has 1 rings (SSSR count). The molecule has 0 atom stereocenters. The standard InChI is InChI=1S/C7H5F2NO2/c8-5-3(7(10)12)1-2-4(11)6(5)9/h1-2,11H,(H2,10,12)/p+1. The molecule has 0 fully saturated rings. The molecule has 0 bridgehead atoms. The Bertz CT molecular complexity index is 338. The molecule has 0 saturated carbocycles.